The van der Waals surface area contributed by atoms with Gasteiger partial charge in [-0.2, -0.15) is 0 Å². The van der Waals surface area contributed by atoms with E-state index in [4.69, 9.17) is 0 Å². The molecule has 0 aliphatic heterocycles. The Hall–Kier alpha value is -3.34. The molecule has 4 rings (SSSR count). The Balaban J connectivity index is 1.61. The molecule has 0 bridgehead atoms. The van der Waals surface area contributed by atoms with E-state index < -0.39 is 0 Å². The Bertz CT molecular complexity index is 1010. The molecule has 1 aromatic heterocycles. The van der Waals surface area contributed by atoms with Crippen LogP contribution in [-0.2, 0) is 0 Å². The van der Waals surface area contributed by atoms with E-state index in [1.54, 1.807) is 30.5 Å². The Morgan fingerprint density at radius 3 is 2.63 bits per heavy atom. The molecule has 0 spiro atoms. The number of pyridine rings is 1. The predicted octanol–water partition coefficient (Wildman–Crippen LogP) is 6.25. The molecular formula is C22H18FN3O. The van der Waals surface area contributed by atoms with Crippen LogP contribution in [0.1, 0.15) is 29.9 Å². The first kappa shape index (κ1) is 17.1. The second-order valence-corrected chi connectivity index (χ2v) is 6.65. The van der Waals surface area contributed by atoms with Crippen LogP contribution >= 0.6 is 0 Å². The lowest BCUT2D eigenvalue weighted by Crippen LogP contribution is -1.97. The van der Waals surface area contributed by atoms with Gasteiger partial charge in [-0.15, -0.1) is 4.91 Å². The van der Waals surface area contributed by atoms with E-state index >= 15 is 0 Å². The second-order valence-electron chi connectivity index (χ2n) is 6.65. The van der Waals surface area contributed by atoms with Crippen LogP contribution in [0, 0.1) is 10.7 Å². The Kier molecular flexibility index (Phi) is 4.50. The number of rotatable bonds is 6. The molecule has 0 atom stereocenters. The van der Waals surface area contributed by atoms with Gasteiger partial charge in [0.25, 0.3) is 0 Å². The molecular weight excluding hydrogens is 341 g/mol. The highest BCUT2D eigenvalue weighted by atomic mass is 19.1. The number of hydrogen-bond donors (Lipinski definition) is 1. The largest absolute Gasteiger partial charge is 0.354 e. The average Bonchev–Trinajstić information content (AvgIpc) is 3.54. The van der Waals surface area contributed by atoms with Gasteiger partial charge >= 0.3 is 0 Å². The molecule has 1 fully saturated rings. The highest BCUT2D eigenvalue weighted by molar-refractivity contribution is 5.78. The maximum absolute atomic E-state index is 13.9. The fraction of sp³-hybridized carbons (Fsp3) is 0.136. The number of aromatic nitrogens is 1. The van der Waals surface area contributed by atoms with Gasteiger partial charge in [0.15, 0.2) is 0 Å². The normalized spacial score (nSPS) is 13.2. The predicted molar refractivity (Wildman–Crippen MR) is 106 cm³/mol. The third-order valence-electron chi connectivity index (χ3n) is 4.71. The van der Waals surface area contributed by atoms with E-state index in [0.717, 1.165) is 11.4 Å². The van der Waals surface area contributed by atoms with E-state index in [1.165, 1.54) is 24.5 Å². The van der Waals surface area contributed by atoms with Crippen LogP contribution in [0.25, 0.3) is 17.0 Å². The van der Waals surface area contributed by atoms with Crippen LogP contribution in [-0.4, -0.2) is 4.98 Å². The zero-order valence-corrected chi connectivity index (χ0v) is 14.7. The molecule has 0 radical (unpaired) electrons. The number of nitrogens with one attached hydrogen (secondary N) is 1. The SMILES string of the molecule is C=C(N=O)c1cc(C2CC2)ccc1Nc1ccc(-c2ccccc2F)nc1. The summed E-state index contributed by atoms with van der Waals surface area (Å²) in [5, 5.41) is 6.26. The summed E-state index contributed by atoms with van der Waals surface area (Å²) in [6.07, 6.45) is 3.99. The lowest BCUT2D eigenvalue weighted by Gasteiger charge is -2.13. The summed E-state index contributed by atoms with van der Waals surface area (Å²) in [7, 11) is 0. The van der Waals surface area contributed by atoms with E-state index in [-0.39, 0.29) is 11.5 Å². The van der Waals surface area contributed by atoms with Crippen molar-refractivity contribution in [2.45, 2.75) is 18.8 Å². The molecule has 0 amide bonds. The summed E-state index contributed by atoms with van der Waals surface area (Å²) in [6, 6.07) is 16.1. The topological polar surface area (TPSA) is 54.4 Å². The van der Waals surface area contributed by atoms with Gasteiger partial charge in [-0.25, -0.2) is 4.39 Å². The van der Waals surface area contributed by atoms with Crippen LogP contribution in [0.4, 0.5) is 15.8 Å². The maximum Gasteiger partial charge on any atom is 0.132 e. The number of benzene rings is 2. The Morgan fingerprint density at radius 2 is 1.96 bits per heavy atom. The molecule has 1 aliphatic rings. The molecule has 2 aromatic carbocycles. The fourth-order valence-electron chi connectivity index (χ4n) is 3.08. The van der Waals surface area contributed by atoms with Gasteiger partial charge < -0.3 is 5.32 Å². The fourth-order valence-corrected chi connectivity index (χ4v) is 3.08. The van der Waals surface area contributed by atoms with Gasteiger partial charge in [-0.1, -0.05) is 24.8 Å². The lowest BCUT2D eigenvalue weighted by molar-refractivity contribution is 0.631. The summed E-state index contributed by atoms with van der Waals surface area (Å²) >= 11 is 0. The van der Waals surface area contributed by atoms with Gasteiger partial charge in [0.1, 0.15) is 11.5 Å². The quantitative estimate of drug-likeness (QED) is 0.530. The van der Waals surface area contributed by atoms with Gasteiger partial charge in [0, 0.05) is 16.8 Å². The highest BCUT2D eigenvalue weighted by Crippen LogP contribution is 2.42. The number of nitrogens with zero attached hydrogens (tertiary/aromatic N) is 2. The lowest BCUT2D eigenvalue weighted by atomic mass is 10.0. The van der Waals surface area contributed by atoms with Gasteiger partial charge in [0.2, 0.25) is 0 Å². The smallest absolute Gasteiger partial charge is 0.132 e. The van der Waals surface area contributed by atoms with Crippen molar-refractivity contribution in [2.75, 3.05) is 5.32 Å². The molecule has 3 aromatic rings. The standard InChI is InChI=1S/C22H18FN3O/c1-14(26-27)19-12-16(15-6-7-15)8-10-22(19)25-17-9-11-21(24-13-17)18-4-2-3-5-20(18)23/h2-5,8-13,15,25H,1,6-7H2. The molecule has 1 heterocycles. The van der Waals surface area contributed by atoms with Crippen molar-refractivity contribution < 1.29 is 4.39 Å². The van der Waals surface area contributed by atoms with Crippen molar-refractivity contribution in [3.63, 3.8) is 0 Å². The third kappa shape index (κ3) is 3.62. The van der Waals surface area contributed by atoms with Crippen LogP contribution < -0.4 is 5.32 Å². The van der Waals surface area contributed by atoms with Crippen molar-refractivity contribution in [2.24, 2.45) is 5.18 Å². The van der Waals surface area contributed by atoms with E-state index in [2.05, 4.69) is 28.1 Å². The highest BCUT2D eigenvalue weighted by Gasteiger charge is 2.24. The van der Waals surface area contributed by atoms with Crippen molar-refractivity contribution in [3.05, 3.63) is 89.2 Å². The van der Waals surface area contributed by atoms with E-state index in [0.29, 0.717) is 22.7 Å². The molecule has 0 unspecified atom stereocenters. The van der Waals surface area contributed by atoms with E-state index in [1.807, 2.05) is 18.2 Å². The molecule has 0 saturated heterocycles. The summed E-state index contributed by atoms with van der Waals surface area (Å²) < 4.78 is 13.9. The Morgan fingerprint density at radius 1 is 1.15 bits per heavy atom. The first-order chi connectivity index (χ1) is 13.2. The first-order valence-electron chi connectivity index (χ1n) is 8.80. The third-order valence-corrected chi connectivity index (χ3v) is 4.71. The monoisotopic (exact) mass is 359 g/mol. The number of halogens is 1. The summed E-state index contributed by atoms with van der Waals surface area (Å²) in [5.74, 6) is 0.260. The zero-order valence-electron chi connectivity index (χ0n) is 14.7. The van der Waals surface area contributed by atoms with Crippen LogP contribution in [0.5, 0.6) is 0 Å². The second kappa shape index (κ2) is 7.11. The number of nitroso groups, excluding NO2 is 1. The Labute approximate surface area is 156 Å². The summed E-state index contributed by atoms with van der Waals surface area (Å²) in [5.41, 5.74) is 4.56. The zero-order chi connectivity index (χ0) is 18.8. The minimum absolute atomic E-state index is 0.191. The molecule has 1 N–H and O–H groups in total. The van der Waals surface area contributed by atoms with E-state index in [9.17, 15) is 9.30 Å². The van der Waals surface area contributed by atoms with Crippen LogP contribution in [0.15, 0.2) is 72.5 Å². The van der Waals surface area contributed by atoms with Crippen LogP contribution in [0.3, 0.4) is 0 Å². The summed E-state index contributed by atoms with van der Waals surface area (Å²) in [4.78, 5) is 15.4. The molecule has 134 valence electrons. The molecule has 1 saturated carbocycles. The molecule has 5 heteroatoms. The summed E-state index contributed by atoms with van der Waals surface area (Å²) in [6.45, 7) is 3.75. The van der Waals surface area contributed by atoms with Crippen molar-refractivity contribution >= 4 is 17.1 Å². The van der Waals surface area contributed by atoms with Crippen molar-refractivity contribution in [1.29, 1.82) is 0 Å². The molecule has 1 aliphatic carbocycles. The number of anilines is 2. The van der Waals surface area contributed by atoms with Gasteiger partial charge in [-0.05, 0) is 65.9 Å². The van der Waals surface area contributed by atoms with Gasteiger partial charge in [0.05, 0.1) is 17.6 Å². The minimum atomic E-state index is -0.308. The molecule has 4 nitrogen and oxygen atoms in total. The maximum atomic E-state index is 13.9. The average molecular weight is 359 g/mol. The van der Waals surface area contributed by atoms with Gasteiger partial charge in [-0.3, -0.25) is 4.98 Å². The molecule has 27 heavy (non-hydrogen) atoms. The van der Waals surface area contributed by atoms with Crippen molar-refractivity contribution in [1.82, 2.24) is 4.98 Å². The van der Waals surface area contributed by atoms with Crippen LogP contribution in [0.2, 0.25) is 0 Å². The first-order valence-corrected chi connectivity index (χ1v) is 8.80. The van der Waals surface area contributed by atoms with Crippen molar-refractivity contribution in [3.8, 4) is 11.3 Å². The number of hydrogen-bond acceptors (Lipinski definition) is 4. The minimum Gasteiger partial charge on any atom is -0.354 e.